The number of halogens is 2. The van der Waals surface area contributed by atoms with Crippen LogP contribution in [0.15, 0.2) is 22.7 Å². The van der Waals surface area contributed by atoms with Crippen LogP contribution in [0.25, 0.3) is 0 Å². The van der Waals surface area contributed by atoms with Crippen LogP contribution < -0.4 is 11.1 Å². The normalized spacial score (nSPS) is 12.6. The molecule has 1 aromatic rings. The first kappa shape index (κ1) is 14.1. The van der Waals surface area contributed by atoms with Gasteiger partial charge in [0.25, 0.3) is 0 Å². The number of anilines is 1. The number of hydrogen-bond donors (Lipinski definition) is 2. The van der Waals surface area contributed by atoms with E-state index < -0.39 is 11.9 Å². The molecule has 0 unspecified atom stereocenters. The first-order chi connectivity index (χ1) is 7.90. The number of nitrogens with two attached hydrogens (primary N) is 1. The summed E-state index contributed by atoms with van der Waals surface area (Å²) in [6, 6.07) is 3.84. The number of rotatable bonds is 4. The molecule has 0 bridgehead atoms. The maximum Gasteiger partial charge on any atom is 0.241 e. The van der Waals surface area contributed by atoms with Crippen molar-refractivity contribution in [3.05, 3.63) is 28.5 Å². The third kappa shape index (κ3) is 4.44. The highest BCUT2D eigenvalue weighted by atomic mass is 79.9. The van der Waals surface area contributed by atoms with Gasteiger partial charge in [0.05, 0.1) is 10.5 Å². The minimum Gasteiger partial charge on any atom is -0.325 e. The molecule has 0 aliphatic carbocycles. The van der Waals surface area contributed by atoms with Crippen LogP contribution in [0.5, 0.6) is 0 Å². The summed E-state index contributed by atoms with van der Waals surface area (Å²) in [5.41, 5.74) is 6.13. The summed E-state index contributed by atoms with van der Waals surface area (Å²) in [6.07, 6.45) is 0.602. The average molecular weight is 303 g/mol. The topological polar surface area (TPSA) is 55.1 Å². The Labute approximate surface area is 109 Å². The van der Waals surface area contributed by atoms with Gasteiger partial charge in [-0.1, -0.05) is 13.8 Å². The van der Waals surface area contributed by atoms with Crippen molar-refractivity contribution < 1.29 is 9.18 Å². The molecule has 0 spiro atoms. The predicted octanol–water partition coefficient (Wildman–Crippen LogP) is 2.90. The number of benzene rings is 1. The summed E-state index contributed by atoms with van der Waals surface area (Å²) < 4.78 is 13.6. The molecule has 0 saturated heterocycles. The maximum absolute atomic E-state index is 13.2. The van der Waals surface area contributed by atoms with E-state index >= 15 is 0 Å². The lowest BCUT2D eigenvalue weighted by Gasteiger charge is -2.14. The van der Waals surface area contributed by atoms with Gasteiger partial charge < -0.3 is 11.1 Å². The Kier molecular flexibility index (Phi) is 5.08. The molecule has 1 amide bonds. The molecule has 0 radical (unpaired) electrons. The Morgan fingerprint density at radius 3 is 2.71 bits per heavy atom. The van der Waals surface area contributed by atoms with Crippen molar-refractivity contribution in [1.29, 1.82) is 0 Å². The smallest absolute Gasteiger partial charge is 0.241 e. The molecule has 5 heteroatoms. The second-order valence-electron chi connectivity index (χ2n) is 4.35. The quantitative estimate of drug-likeness (QED) is 0.898. The van der Waals surface area contributed by atoms with Crippen molar-refractivity contribution >= 4 is 27.5 Å². The van der Waals surface area contributed by atoms with Crippen LogP contribution in [-0.4, -0.2) is 11.9 Å². The van der Waals surface area contributed by atoms with Gasteiger partial charge in [-0.15, -0.1) is 0 Å². The van der Waals surface area contributed by atoms with Crippen molar-refractivity contribution in [2.45, 2.75) is 26.3 Å². The summed E-state index contributed by atoms with van der Waals surface area (Å²) in [6.45, 7) is 3.98. The van der Waals surface area contributed by atoms with Crippen molar-refractivity contribution in [3.8, 4) is 0 Å². The first-order valence-electron chi connectivity index (χ1n) is 5.41. The summed E-state index contributed by atoms with van der Waals surface area (Å²) in [4.78, 5) is 11.7. The Balaban J connectivity index is 2.64. The highest BCUT2D eigenvalue weighted by Crippen LogP contribution is 2.19. The Hall–Kier alpha value is -0.940. The largest absolute Gasteiger partial charge is 0.325 e. The predicted molar refractivity (Wildman–Crippen MR) is 70.2 cm³/mol. The fourth-order valence-corrected chi connectivity index (χ4v) is 1.67. The van der Waals surface area contributed by atoms with Gasteiger partial charge in [-0.3, -0.25) is 4.79 Å². The number of carbonyl (C=O) groups is 1. The summed E-state index contributed by atoms with van der Waals surface area (Å²) >= 11 is 3.04. The lowest BCUT2D eigenvalue weighted by atomic mass is 10.0. The number of hydrogen-bond acceptors (Lipinski definition) is 2. The summed E-state index contributed by atoms with van der Waals surface area (Å²) in [5.74, 6) is -0.363. The highest BCUT2D eigenvalue weighted by Gasteiger charge is 2.15. The van der Waals surface area contributed by atoms with E-state index in [1.54, 1.807) is 12.1 Å². The van der Waals surface area contributed by atoms with Gasteiger partial charge in [-0.05, 0) is 46.5 Å². The van der Waals surface area contributed by atoms with E-state index in [1.165, 1.54) is 6.07 Å². The minimum absolute atomic E-state index is 0.291. The minimum atomic E-state index is -0.568. The number of carbonyl (C=O) groups excluding carboxylic acids is 1. The van der Waals surface area contributed by atoms with E-state index in [2.05, 4.69) is 21.2 Å². The second kappa shape index (κ2) is 6.12. The van der Waals surface area contributed by atoms with Gasteiger partial charge in [0.2, 0.25) is 5.91 Å². The molecule has 3 nitrogen and oxygen atoms in total. The third-order valence-corrected chi connectivity index (χ3v) is 2.89. The van der Waals surface area contributed by atoms with Crippen LogP contribution in [0, 0.1) is 11.7 Å². The Bertz CT molecular complexity index is 409. The van der Waals surface area contributed by atoms with Crippen molar-refractivity contribution in [1.82, 2.24) is 0 Å². The lowest BCUT2D eigenvalue weighted by Crippen LogP contribution is -2.36. The average Bonchev–Trinajstić information content (AvgIpc) is 2.22. The molecular formula is C12H16BrFN2O. The van der Waals surface area contributed by atoms with Crippen molar-refractivity contribution in [2.75, 3.05) is 5.32 Å². The first-order valence-corrected chi connectivity index (χ1v) is 6.21. The van der Waals surface area contributed by atoms with Crippen LogP contribution in [-0.2, 0) is 4.79 Å². The Morgan fingerprint density at radius 1 is 1.53 bits per heavy atom. The standard InChI is InChI=1S/C12H16BrFN2O/c1-7(2)5-11(15)12(17)16-8-3-4-9(13)10(14)6-8/h3-4,6-7,11H,5,15H2,1-2H3,(H,16,17)/t11-/m1/s1. The zero-order valence-electron chi connectivity index (χ0n) is 9.84. The molecule has 1 rings (SSSR count). The molecule has 0 heterocycles. The van der Waals surface area contributed by atoms with Gasteiger partial charge in [-0.25, -0.2) is 4.39 Å². The van der Waals surface area contributed by atoms with E-state index in [0.717, 1.165) is 0 Å². The van der Waals surface area contributed by atoms with Crippen LogP contribution >= 0.6 is 15.9 Å². The van der Waals surface area contributed by atoms with Gasteiger partial charge in [0, 0.05) is 5.69 Å². The van der Waals surface area contributed by atoms with Crippen LogP contribution in [0.3, 0.4) is 0 Å². The van der Waals surface area contributed by atoms with E-state index in [1.807, 2.05) is 13.8 Å². The molecule has 0 saturated carbocycles. The van der Waals surface area contributed by atoms with Crippen LogP contribution in [0.2, 0.25) is 0 Å². The van der Waals surface area contributed by atoms with Gasteiger partial charge in [0.1, 0.15) is 5.82 Å². The van der Waals surface area contributed by atoms with Gasteiger partial charge in [0.15, 0.2) is 0 Å². The SMILES string of the molecule is CC(C)C[C@@H](N)C(=O)Nc1ccc(Br)c(F)c1. The fraction of sp³-hybridized carbons (Fsp3) is 0.417. The molecule has 0 aliphatic rings. The fourth-order valence-electron chi connectivity index (χ4n) is 1.42. The van der Waals surface area contributed by atoms with E-state index in [9.17, 15) is 9.18 Å². The molecule has 3 N–H and O–H groups in total. The van der Waals surface area contributed by atoms with Crippen LogP contribution in [0.4, 0.5) is 10.1 Å². The van der Waals surface area contributed by atoms with E-state index in [0.29, 0.717) is 22.5 Å². The second-order valence-corrected chi connectivity index (χ2v) is 5.21. The zero-order valence-corrected chi connectivity index (χ0v) is 11.4. The van der Waals surface area contributed by atoms with Gasteiger partial charge >= 0.3 is 0 Å². The number of amides is 1. The molecule has 1 atom stereocenters. The van der Waals surface area contributed by atoms with Crippen LogP contribution in [0.1, 0.15) is 20.3 Å². The molecule has 0 aliphatic heterocycles. The van der Waals surface area contributed by atoms with Crippen molar-refractivity contribution in [2.24, 2.45) is 11.7 Å². The monoisotopic (exact) mass is 302 g/mol. The molecule has 17 heavy (non-hydrogen) atoms. The number of nitrogens with one attached hydrogen (secondary N) is 1. The Morgan fingerprint density at radius 2 is 2.18 bits per heavy atom. The molecule has 0 aromatic heterocycles. The lowest BCUT2D eigenvalue weighted by molar-refractivity contribution is -0.117. The van der Waals surface area contributed by atoms with E-state index in [-0.39, 0.29) is 5.91 Å². The summed E-state index contributed by atoms with van der Waals surface area (Å²) in [7, 11) is 0. The van der Waals surface area contributed by atoms with Crippen molar-refractivity contribution in [3.63, 3.8) is 0 Å². The molecular weight excluding hydrogens is 287 g/mol. The highest BCUT2D eigenvalue weighted by molar-refractivity contribution is 9.10. The third-order valence-electron chi connectivity index (χ3n) is 2.25. The zero-order chi connectivity index (χ0) is 13.0. The van der Waals surface area contributed by atoms with E-state index in [4.69, 9.17) is 5.73 Å². The summed E-state index contributed by atoms with van der Waals surface area (Å²) in [5, 5.41) is 2.59. The molecule has 0 fully saturated rings. The maximum atomic E-state index is 13.2. The van der Waals surface area contributed by atoms with Gasteiger partial charge in [-0.2, -0.15) is 0 Å². The molecule has 1 aromatic carbocycles. The molecule has 94 valence electrons.